The fourth-order valence-electron chi connectivity index (χ4n) is 1.73. The van der Waals surface area contributed by atoms with Crippen molar-refractivity contribution in [2.45, 2.75) is 25.9 Å². The van der Waals surface area contributed by atoms with Gasteiger partial charge in [0.15, 0.2) is 0 Å². The van der Waals surface area contributed by atoms with Crippen LogP contribution >= 0.6 is 0 Å². The zero-order valence-electron chi connectivity index (χ0n) is 10.6. The minimum Gasteiger partial charge on any atom is -0.478 e. The molecular weight excluding hydrogens is 230 g/mol. The molecule has 0 spiro atoms. The average molecular weight is 247 g/mol. The van der Waals surface area contributed by atoms with Gasteiger partial charge in [-0.3, -0.25) is 4.90 Å². The van der Waals surface area contributed by atoms with Gasteiger partial charge < -0.3 is 10.8 Å². The summed E-state index contributed by atoms with van der Waals surface area (Å²) in [6.45, 7) is 2.38. The molecule has 0 aliphatic heterocycles. The van der Waals surface area contributed by atoms with Gasteiger partial charge >= 0.3 is 5.97 Å². The number of rotatable bonds is 5. The lowest BCUT2D eigenvalue weighted by atomic mass is 10.0. The molecule has 0 aliphatic carbocycles. The Morgan fingerprint density at radius 1 is 1.61 bits per heavy atom. The number of nitrogen functional groups attached to an aromatic ring is 1. The number of anilines is 1. The van der Waals surface area contributed by atoms with Crippen LogP contribution < -0.4 is 5.73 Å². The highest BCUT2D eigenvalue weighted by Gasteiger charge is 2.16. The van der Waals surface area contributed by atoms with Crippen LogP contribution in [0.4, 0.5) is 5.69 Å². The summed E-state index contributed by atoms with van der Waals surface area (Å²) >= 11 is 0. The fourth-order valence-corrected chi connectivity index (χ4v) is 1.73. The van der Waals surface area contributed by atoms with Gasteiger partial charge in [0, 0.05) is 18.3 Å². The number of carboxylic acids is 1. The van der Waals surface area contributed by atoms with Gasteiger partial charge in [0.1, 0.15) is 0 Å². The van der Waals surface area contributed by atoms with Crippen molar-refractivity contribution in [1.29, 1.82) is 5.26 Å². The molecule has 18 heavy (non-hydrogen) atoms. The number of nitrogens with zero attached hydrogens (tertiary/aromatic N) is 2. The summed E-state index contributed by atoms with van der Waals surface area (Å²) in [4.78, 5) is 13.1. The first-order valence-corrected chi connectivity index (χ1v) is 5.65. The van der Waals surface area contributed by atoms with E-state index in [1.807, 2.05) is 18.9 Å². The smallest absolute Gasteiger partial charge is 0.338 e. The molecule has 1 unspecified atom stereocenters. The van der Waals surface area contributed by atoms with E-state index >= 15 is 0 Å². The Hall–Kier alpha value is -2.06. The maximum absolute atomic E-state index is 11.2. The van der Waals surface area contributed by atoms with E-state index in [0.29, 0.717) is 18.5 Å². The molecule has 0 saturated heterocycles. The van der Waals surface area contributed by atoms with Crippen molar-refractivity contribution in [1.82, 2.24) is 4.90 Å². The van der Waals surface area contributed by atoms with Crippen LogP contribution in [-0.2, 0) is 6.54 Å². The van der Waals surface area contributed by atoms with Gasteiger partial charge in [-0.15, -0.1) is 0 Å². The lowest BCUT2D eigenvalue weighted by Crippen LogP contribution is -2.29. The molecule has 1 atom stereocenters. The summed E-state index contributed by atoms with van der Waals surface area (Å²) in [6, 6.07) is 7.22. The van der Waals surface area contributed by atoms with Gasteiger partial charge in [-0.1, -0.05) is 12.1 Å². The van der Waals surface area contributed by atoms with Crippen molar-refractivity contribution < 1.29 is 9.90 Å². The van der Waals surface area contributed by atoms with Crippen molar-refractivity contribution >= 4 is 11.7 Å². The van der Waals surface area contributed by atoms with E-state index in [-0.39, 0.29) is 17.3 Å². The number of nitriles is 1. The molecule has 1 aromatic carbocycles. The number of hydrogen-bond donors (Lipinski definition) is 2. The molecule has 3 N–H and O–H groups in total. The SMILES string of the molecule is CC(CC#N)N(C)Cc1cccc(N)c1C(=O)O. The molecular formula is C13H17N3O2. The van der Waals surface area contributed by atoms with Crippen LogP contribution in [0, 0.1) is 11.3 Å². The standard InChI is InChI=1S/C13H17N3O2/c1-9(6-7-14)16(2)8-10-4-3-5-11(15)12(10)13(17)18/h3-5,9H,6,8,15H2,1-2H3,(H,17,18). The maximum atomic E-state index is 11.2. The second-order valence-electron chi connectivity index (χ2n) is 4.31. The first-order valence-electron chi connectivity index (χ1n) is 5.65. The quantitative estimate of drug-likeness (QED) is 0.773. The van der Waals surface area contributed by atoms with Gasteiger partial charge in [0.05, 0.1) is 18.1 Å². The second-order valence-corrected chi connectivity index (χ2v) is 4.31. The number of benzene rings is 1. The minimum atomic E-state index is -1.02. The van der Waals surface area contributed by atoms with Crippen molar-refractivity contribution in [3.63, 3.8) is 0 Å². The van der Waals surface area contributed by atoms with Crippen LogP contribution in [0.3, 0.4) is 0 Å². The van der Waals surface area contributed by atoms with Crippen molar-refractivity contribution in [3.8, 4) is 6.07 Å². The van der Waals surface area contributed by atoms with E-state index in [9.17, 15) is 4.79 Å². The number of carbonyl (C=O) groups is 1. The van der Waals surface area contributed by atoms with Crippen LogP contribution in [0.2, 0.25) is 0 Å². The largest absolute Gasteiger partial charge is 0.478 e. The first-order chi connectivity index (χ1) is 8.47. The van der Waals surface area contributed by atoms with Crippen molar-refractivity contribution in [2.75, 3.05) is 12.8 Å². The van der Waals surface area contributed by atoms with Gasteiger partial charge in [-0.2, -0.15) is 5.26 Å². The third-order valence-corrected chi connectivity index (χ3v) is 2.96. The van der Waals surface area contributed by atoms with Gasteiger partial charge in [0.25, 0.3) is 0 Å². The van der Waals surface area contributed by atoms with Crippen molar-refractivity contribution in [2.24, 2.45) is 0 Å². The molecule has 0 aromatic heterocycles. The number of carboxylic acid groups (broad SMARTS) is 1. The molecule has 1 aromatic rings. The molecule has 0 heterocycles. The summed E-state index contributed by atoms with van der Waals surface area (Å²) in [5, 5.41) is 17.8. The third kappa shape index (κ3) is 3.22. The molecule has 0 fully saturated rings. The Balaban J connectivity index is 2.95. The van der Waals surface area contributed by atoms with E-state index in [0.717, 1.165) is 0 Å². The molecule has 5 heteroatoms. The van der Waals surface area contributed by atoms with E-state index in [1.54, 1.807) is 18.2 Å². The van der Waals surface area contributed by atoms with E-state index < -0.39 is 5.97 Å². The van der Waals surface area contributed by atoms with Crippen LogP contribution in [0.15, 0.2) is 18.2 Å². The summed E-state index contributed by atoms with van der Waals surface area (Å²) < 4.78 is 0. The first kappa shape index (κ1) is 14.0. The highest BCUT2D eigenvalue weighted by Crippen LogP contribution is 2.19. The minimum absolute atomic E-state index is 0.0677. The molecule has 0 saturated carbocycles. The number of aromatic carboxylic acids is 1. The van der Waals surface area contributed by atoms with Gasteiger partial charge in [-0.25, -0.2) is 4.79 Å². The lowest BCUT2D eigenvalue weighted by molar-refractivity contribution is 0.0695. The Bertz CT molecular complexity index is 480. The number of nitrogens with two attached hydrogens (primary N) is 1. The van der Waals surface area contributed by atoms with E-state index in [2.05, 4.69) is 6.07 Å². The zero-order chi connectivity index (χ0) is 13.7. The lowest BCUT2D eigenvalue weighted by Gasteiger charge is -2.23. The Kier molecular flexibility index (Phi) is 4.69. The van der Waals surface area contributed by atoms with Crippen LogP contribution in [0.5, 0.6) is 0 Å². The Morgan fingerprint density at radius 3 is 2.83 bits per heavy atom. The monoisotopic (exact) mass is 247 g/mol. The second kappa shape index (κ2) is 6.03. The topological polar surface area (TPSA) is 90.4 Å². The van der Waals surface area contributed by atoms with E-state index in [4.69, 9.17) is 16.1 Å². The highest BCUT2D eigenvalue weighted by molar-refractivity contribution is 5.95. The molecule has 1 rings (SSSR count). The number of hydrogen-bond acceptors (Lipinski definition) is 4. The Labute approximate surface area is 106 Å². The van der Waals surface area contributed by atoms with Gasteiger partial charge in [0.2, 0.25) is 0 Å². The van der Waals surface area contributed by atoms with Gasteiger partial charge in [-0.05, 0) is 25.6 Å². The van der Waals surface area contributed by atoms with Crippen LogP contribution in [0.1, 0.15) is 29.3 Å². The van der Waals surface area contributed by atoms with Crippen molar-refractivity contribution in [3.05, 3.63) is 29.3 Å². The average Bonchev–Trinajstić information content (AvgIpc) is 2.28. The fraction of sp³-hybridized carbons (Fsp3) is 0.385. The summed E-state index contributed by atoms with van der Waals surface area (Å²) in [7, 11) is 1.86. The predicted molar refractivity (Wildman–Crippen MR) is 69.0 cm³/mol. The summed E-state index contributed by atoms with van der Waals surface area (Å²) in [5.41, 5.74) is 6.75. The molecule has 0 aliphatic rings. The van der Waals surface area contributed by atoms with E-state index in [1.165, 1.54) is 0 Å². The molecule has 5 nitrogen and oxygen atoms in total. The molecule has 0 radical (unpaired) electrons. The third-order valence-electron chi connectivity index (χ3n) is 2.96. The molecule has 0 bridgehead atoms. The Morgan fingerprint density at radius 2 is 2.28 bits per heavy atom. The highest BCUT2D eigenvalue weighted by atomic mass is 16.4. The maximum Gasteiger partial charge on any atom is 0.338 e. The summed E-state index contributed by atoms with van der Waals surface area (Å²) in [5.74, 6) is -1.02. The van der Waals surface area contributed by atoms with Crippen LogP contribution in [0.25, 0.3) is 0 Å². The predicted octanol–water partition coefficient (Wildman–Crippen LogP) is 1.70. The molecule has 96 valence electrons. The van der Waals surface area contributed by atoms with Crippen LogP contribution in [-0.4, -0.2) is 29.1 Å². The molecule has 0 amide bonds. The summed E-state index contributed by atoms with van der Waals surface area (Å²) in [6.07, 6.45) is 0.404. The normalized spacial score (nSPS) is 12.1. The zero-order valence-corrected chi connectivity index (χ0v) is 10.6.